The van der Waals surface area contributed by atoms with Gasteiger partial charge in [-0.25, -0.2) is 4.98 Å². The number of hydrogen-bond acceptors (Lipinski definition) is 4. The summed E-state index contributed by atoms with van der Waals surface area (Å²) in [7, 11) is 1.59. The first-order valence-corrected chi connectivity index (χ1v) is 4.22. The van der Waals surface area contributed by atoms with E-state index in [0.717, 1.165) is 0 Å². The molecule has 0 saturated carbocycles. The normalized spacial score (nSPS) is 11.4. The van der Waals surface area contributed by atoms with Gasteiger partial charge in [-0.3, -0.25) is 9.89 Å². The van der Waals surface area contributed by atoms with Crippen molar-refractivity contribution in [2.75, 3.05) is 13.7 Å². The summed E-state index contributed by atoms with van der Waals surface area (Å²) in [5.41, 5.74) is -0.418. The SMILES string of the molecule is COCC(C)(C)NC(=O)c1ncn[nH]1. The van der Waals surface area contributed by atoms with Gasteiger partial charge in [0, 0.05) is 7.11 Å². The fourth-order valence-electron chi connectivity index (χ4n) is 1.08. The average molecular weight is 198 g/mol. The minimum Gasteiger partial charge on any atom is -0.382 e. The number of ether oxygens (including phenoxy) is 1. The average Bonchev–Trinajstić information content (AvgIpc) is 2.53. The van der Waals surface area contributed by atoms with Crippen LogP contribution in [0.2, 0.25) is 0 Å². The van der Waals surface area contributed by atoms with Crippen molar-refractivity contribution in [3.63, 3.8) is 0 Å². The molecule has 0 bridgehead atoms. The Hall–Kier alpha value is -1.43. The summed E-state index contributed by atoms with van der Waals surface area (Å²) in [4.78, 5) is 15.2. The van der Waals surface area contributed by atoms with Gasteiger partial charge in [0.15, 0.2) is 0 Å². The van der Waals surface area contributed by atoms with Gasteiger partial charge in [0.2, 0.25) is 5.82 Å². The van der Waals surface area contributed by atoms with Crippen molar-refractivity contribution in [1.82, 2.24) is 20.5 Å². The Balaban J connectivity index is 2.57. The highest BCUT2D eigenvalue weighted by atomic mass is 16.5. The van der Waals surface area contributed by atoms with Crippen molar-refractivity contribution in [2.45, 2.75) is 19.4 Å². The van der Waals surface area contributed by atoms with Crippen LogP contribution in [0.3, 0.4) is 0 Å². The molecule has 1 aromatic rings. The molecule has 0 atom stereocenters. The number of nitrogens with one attached hydrogen (secondary N) is 2. The zero-order chi connectivity index (χ0) is 10.6. The van der Waals surface area contributed by atoms with Gasteiger partial charge in [-0.2, -0.15) is 5.10 Å². The first kappa shape index (κ1) is 10.6. The lowest BCUT2D eigenvalue weighted by Gasteiger charge is -2.24. The molecule has 0 spiro atoms. The number of aromatic nitrogens is 3. The number of carbonyl (C=O) groups is 1. The van der Waals surface area contributed by atoms with Crippen LogP contribution < -0.4 is 5.32 Å². The minimum atomic E-state index is -0.418. The highest BCUT2D eigenvalue weighted by Crippen LogP contribution is 2.03. The molecule has 2 N–H and O–H groups in total. The van der Waals surface area contributed by atoms with Gasteiger partial charge in [0.25, 0.3) is 5.91 Å². The first-order chi connectivity index (χ1) is 6.55. The number of aromatic amines is 1. The van der Waals surface area contributed by atoms with Crippen LogP contribution in [0.1, 0.15) is 24.5 Å². The number of methoxy groups -OCH3 is 1. The Morgan fingerprint density at radius 1 is 1.71 bits per heavy atom. The molecule has 78 valence electrons. The summed E-state index contributed by atoms with van der Waals surface area (Å²) in [5.74, 6) is -0.0845. The summed E-state index contributed by atoms with van der Waals surface area (Å²) < 4.78 is 4.96. The molecule has 6 nitrogen and oxygen atoms in total. The molecule has 0 aliphatic carbocycles. The fraction of sp³-hybridized carbons (Fsp3) is 0.625. The molecule has 0 radical (unpaired) electrons. The van der Waals surface area contributed by atoms with Gasteiger partial charge in [0.1, 0.15) is 6.33 Å². The predicted molar refractivity (Wildman–Crippen MR) is 49.8 cm³/mol. The van der Waals surface area contributed by atoms with Crippen LogP contribution in [0.4, 0.5) is 0 Å². The van der Waals surface area contributed by atoms with Crippen LogP contribution in [0.5, 0.6) is 0 Å². The minimum absolute atomic E-state index is 0.203. The molecule has 1 rings (SSSR count). The highest BCUT2D eigenvalue weighted by molar-refractivity contribution is 5.90. The molecule has 1 aromatic heterocycles. The second-order valence-corrected chi connectivity index (χ2v) is 3.61. The van der Waals surface area contributed by atoms with Crippen molar-refractivity contribution >= 4 is 5.91 Å². The largest absolute Gasteiger partial charge is 0.382 e. The smallest absolute Gasteiger partial charge is 0.289 e. The second kappa shape index (κ2) is 4.19. The monoisotopic (exact) mass is 198 g/mol. The Labute approximate surface area is 82.1 Å². The van der Waals surface area contributed by atoms with Gasteiger partial charge in [-0.05, 0) is 13.8 Å². The van der Waals surface area contributed by atoms with Gasteiger partial charge in [-0.15, -0.1) is 0 Å². The standard InChI is InChI=1S/C8H14N4O2/c1-8(2,4-14-3)11-7(13)6-9-5-10-12-6/h5H,4H2,1-3H3,(H,11,13)(H,9,10,12). The maximum atomic E-state index is 11.5. The Bertz CT molecular complexity index is 294. The number of nitrogens with zero attached hydrogens (tertiary/aromatic N) is 2. The van der Waals surface area contributed by atoms with Crippen LogP contribution in [-0.4, -0.2) is 40.3 Å². The molecule has 14 heavy (non-hydrogen) atoms. The van der Waals surface area contributed by atoms with E-state index in [-0.39, 0.29) is 11.7 Å². The van der Waals surface area contributed by atoms with E-state index in [2.05, 4.69) is 20.5 Å². The summed E-state index contributed by atoms with van der Waals surface area (Å²) in [6.07, 6.45) is 1.29. The summed E-state index contributed by atoms with van der Waals surface area (Å²) in [6, 6.07) is 0. The lowest BCUT2D eigenvalue weighted by atomic mass is 10.1. The third kappa shape index (κ3) is 2.81. The van der Waals surface area contributed by atoms with Gasteiger partial charge >= 0.3 is 0 Å². The van der Waals surface area contributed by atoms with Crippen molar-refractivity contribution < 1.29 is 9.53 Å². The number of hydrogen-bond donors (Lipinski definition) is 2. The molecule has 0 aliphatic rings. The molecule has 1 heterocycles. The maximum absolute atomic E-state index is 11.5. The van der Waals surface area contributed by atoms with E-state index < -0.39 is 5.54 Å². The van der Waals surface area contributed by atoms with Crippen LogP contribution in [-0.2, 0) is 4.74 Å². The maximum Gasteiger partial charge on any atom is 0.289 e. The first-order valence-electron chi connectivity index (χ1n) is 4.22. The van der Waals surface area contributed by atoms with E-state index in [1.165, 1.54) is 6.33 Å². The fourth-order valence-corrected chi connectivity index (χ4v) is 1.08. The van der Waals surface area contributed by atoms with E-state index >= 15 is 0 Å². The molecule has 0 saturated heterocycles. The molecule has 0 fully saturated rings. The van der Waals surface area contributed by atoms with Crippen molar-refractivity contribution in [3.05, 3.63) is 12.2 Å². The topological polar surface area (TPSA) is 79.9 Å². The third-order valence-corrected chi connectivity index (χ3v) is 1.59. The molecule has 1 amide bonds. The van der Waals surface area contributed by atoms with E-state index in [1.54, 1.807) is 7.11 Å². The van der Waals surface area contributed by atoms with Crippen molar-refractivity contribution in [2.24, 2.45) is 0 Å². The van der Waals surface area contributed by atoms with E-state index in [0.29, 0.717) is 6.61 Å². The second-order valence-electron chi connectivity index (χ2n) is 3.61. The summed E-state index contributed by atoms with van der Waals surface area (Å²) in [5, 5.41) is 8.84. The Kier molecular flexibility index (Phi) is 3.19. The zero-order valence-corrected chi connectivity index (χ0v) is 8.50. The van der Waals surface area contributed by atoms with Crippen LogP contribution in [0.15, 0.2) is 6.33 Å². The van der Waals surface area contributed by atoms with E-state index in [4.69, 9.17) is 4.74 Å². The lowest BCUT2D eigenvalue weighted by molar-refractivity contribution is 0.0810. The Morgan fingerprint density at radius 2 is 2.43 bits per heavy atom. The number of carbonyl (C=O) groups excluding carboxylic acids is 1. The number of H-pyrrole nitrogens is 1. The number of rotatable bonds is 4. The predicted octanol–water partition coefficient (Wildman–Crippen LogP) is -0.0405. The summed E-state index contributed by atoms with van der Waals surface area (Å²) in [6.45, 7) is 4.17. The summed E-state index contributed by atoms with van der Waals surface area (Å²) >= 11 is 0. The quantitative estimate of drug-likeness (QED) is 0.711. The number of amides is 1. The van der Waals surface area contributed by atoms with E-state index in [1.807, 2.05) is 13.8 Å². The van der Waals surface area contributed by atoms with E-state index in [9.17, 15) is 4.79 Å². The van der Waals surface area contributed by atoms with Gasteiger partial charge < -0.3 is 10.1 Å². The highest BCUT2D eigenvalue weighted by Gasteiger charge is 2.22. The molecular weight excluding hydrogens is 184 g/mol. The van der Waals surface area contributed by atoms with Crippen molar-refractivity contribution in [1.29, 1.82) is 0 Å². The van der Waals surface area contributed by atoms with Gasteiger partial charge in [-0.1, -0.05) is 0 Å². The molecular formula is C8H14N4O2. The third-order valence-electron chi connectivity index (χ3n) is 1.59. The Morgan fingerprint density at radius 3 is 2.93 bits per heavy atom. The van der Waals surface area contributed by atoms with Gasteiger partial charge in [0.05, 0.1) is 12.1 Å². The molecule has 0 aromatic carbocycles. The van der Waals surface area contributed by atoms with Crippen LogP contribution in [0.25, 0.3) is 0 Å². The van der Waals surface area contributed by atoms with Crippen LogP contribution >= 0.6 is 0 Å². The zero-order valence-electron chi connectivity index (χ0n) is 8.50. The van der Waals surface area contributed by atoms with Crippen LogP contribution in [0, 0.1) is 0 Å². The lowest BCUT2D eigenvalue weighted by Crippen LogP contribution is -2.47. The molecule has 6 heteroatoms. The van der Waals surface area contributed by atoms with Crippen molar-refractivity contribution in [3.8, 4) is 0 Å². The molecule has 0 aliphatic heterocycles. The molecule has 0 unspecified atom stereocenters.